The van der Waals surface area contributed by atoms with Crippen molar-refractivity contribution in [3.05, 3.63) is 16.1 Å². The van der Waals surface area contributed by atoms with Crippen molar-refractivity contribution in [1.82, 2.24) is 15.2 Å². The molecule has 19 heavy (non-hydrogen) atoms. The predicted molar refractivity (Wildman–Crippen MR) is 71.5 cm³/mol. The molecule has 1 aromatic rings. The van der Waals surface area contributed by atoms with Crippen LogP contribution in [0.1, 0.15) is 29.7 Å². The molecule has 2 fully saturated rings. The van der Waals surface area contributed by atoms with Crippen LogP contribution in [0.4, 0.5) is 0 Å². The fourth-order valence-electron chi connectivity index (χ4n) is 2.69. The third-order valence-corrected chi connectivity index (χ3v) is 4.77. The number of carbonyl (C=O) groups is 2. The van der Waals surface area contributed by atoms with Gasteiger partial charge in [-0.25, -0.2) is 4.98 Å². The van der Waals surface area contributed by atoms with Gasteiger partial charge in [0.05, 0.1) is 11.6 Å². The van der Waals surface area contributed by atoms with Crippen LogP contribution in [0.3, 0.4) is 0 Å². The van der Waals surface area contributed by atoms with E-state index in [1.807, 2.05) is 13.8 Å². The Morgan fingerprint density at radius 2 is 2.26 bits per heavy atom. The van der Waals surface area contributed by atoms with Crippen LogP contribution in [-0.2, 0) is 16.1 Å². The van der Waals surface area contributed by atoms with E-state index < -0.39 is 5.54 Å². The van der Waals surface area contributed by atoms with Gasteiger partial charge in [0.25, 0.3) is 0 Å². The summed E-state index contributed by atoms with van der Waals surface area (Å²) < 4.78 is 0. The molecule has 6 heteroatoms. The van der Waals surface area contributed by atoms with Crippen molar-refractivity contribution in [3.63, 3.8) is 0 Å². The Hall–Kier alpha value is -1.43. The van der Waals surface area contributed by atoms with E-state index >= 15 is 0 Å². The largest absolute Gasteiger partial charge is 0.340 e. The van der Waals surface area contributed by atoms with Crippen molar-refractivity contribution in [3.8, 4) is 0 Å². The number of hydrogen-bond acceptors (Lipinski definition) is 4. The van der Waals surface area contributed by atoms with E-state index in [1.165, 1.54) is 0 Å². The van der Waals surface area contributed by atoms with Crippen molar-refractivity contribution in [2.75, 3.05) is 6.54 Å². The van der Waals surface area contributed by atoms with Crippen molar-refractivity contribution < 1.29 is 9.59 Å². The summed E-state index contributed by atoms with van der Waals surface area (Å²) in [4.78, 5) is 31.3. The average molecular weight is 279 g/mol. The number of thiazole rings is 1. The Labute approximate surface area is 116 Å². The quantitative estimate of drug-likeness (QED) is 0.900. The lowest BCUT2D eigenvalue weighted by molar-refractivity contribution is -0.150. The molecule has 1 aliphatic carbocycles. The average Bonchev–Trinajstić information content (AvgIpc) is 3.11. The minimum atomic E-state index is -0.699. The first kappa shape index (κ1) is 12.6. The molecule has 2 aliphatic rings. The SMILES string of the molecule is Cc1ncc(CN2CC(=O)NC(C)(C3CC3)C2=O)s1. The molecule has 0 radical (unpaired) electrons. The maximum absolute atomic E-state index is 12.6. The van der Waals surface area contributed by atoms with Crippen molar-refractivity contribution in [1.29, 1.82) is 0 Å². The van der Waals surface area contributed by atoms with Crippen LogP contribution in [-0.4, -0.2) is 33.8 Å². The lowest BCUT2D eigenvalue weighted by Gasteiger charge is -2.39. The maximum Gasteiger partial charge on any atom is 0.249 e. The van der Waals surface area contributed by atoms with Crippen LogP contribution in [0.15, 0.2) is 6.20 Å². The minimum Gasteiger partial charge on any atom is -0.340 e. The Bertz CT molecular complexity index is 538. The van der Waals surface area contributed by atoms with E-state index in [4.69, 9.17) is 0 Å². The molecule has 1 unspecified atom stereocenters. The third-order valence-electron chi connectivity index (χ3n) is 3.87. The molecule has 3 rings (SSSR count). The van der Waals surface area contributed by atoms with E-state index in [1.54, 1.807) is 22.4 Å². The van der Waals surface area contributed by atoms with Crippen molar-refractivity contribution in [2.45, 2.75) is 38.8 Å². The fourth-order valence-corrected chi connectivity index (χ4v) is 3.50. The van der Waals surface area contributed by atoms with Crippen LogP contribution in [0.25, 0.3) is 0 Å². The minimum absolute atomic E-state index is 0.0423. The van der Waals surface area contributed by atoms with Gasteiger partial charge in [-0.2, -0.15) is 0 Å². The van der Waals surface area contributed by atoms with Gasteiger partial charge in [-0.3, -0.25) is 9.59 Å². The lowest BCUT2D eigenvalue weighted by Crippen LogP contribution is -2.66. The summed E-state index contributed by atoms with van der Waals surface area (Å²) in [6.07, 6.45) is 3.83. The van der Waals surface area contributed by atoms with Gasteiger partial charge in [0.1, 0.15) is 12.1 Å². The summed E-state index contributed by atoms with van der Waals surface area (Å²) in [6, 6.07) is 0. The number of carbonyl (C=O) groups excluding carboxylic acids is 2. The molecule has 1 aromatic heterocycles. The normalized spacial score (nSPS) is 27.6. The zero-order valence-electron chi connectivity index (χ0n) is 11.1. The molecule has 0 bridgehead atoms. The molecular weight excluding hydrogens is 262 g/mol. The smallest absolute Gasteiger partial charge is 0.249 e. The Morgan fingerprint density at radius 3 is 2.84 bits per heavy atom. The van der Waals surface area contributed by atoms with Gasteiger partial charge < -0.3 is 10.2 Å². The third kappa shape index (κ3) is 2.25. The molecule has 1 atom stereocenters. The summed E-state index contributed by atoms with van der Waals surface area (Å²) in [6.45, 7) is 4.43. The van der Waals surface area contributed by atoms with Crippen LogP contribution >= 0.6 is 11.3 Å². The molecule has 1 saturated heterocycles. The number of nitrogens with zero attached hydrogens (tertiary/aromatic N) is 2. The van der Waals surface area contributed by atoms with E-state index in [0.717, 1.165) is 22.7 Å². The van der Waals surface area contributed by atoms with Gasteiger partial charge in [0.15, 0.2) is 0 Å². The number of amides is 2. The number of aromatic nitrogens is 1. The molecule has 102 valence electrons. The highest BCUT2D eigenvalue weighted by Crippen LogP contribution is 2.41. The maximum atomic E-state index is 12.6. The van der Waals surface area contributed by atoms with Crippen molar-refractivity contribution >= 4 is 23.2 Å². The molecule has 5 nitrogen and oxygen atoms in total. The van der Waals surface area contributed by atoms with E-state index in [9.17, 15) is 9.59 Å². The molecule has 1 aliphatic heterocycles. The molecule has 2 heterocycles. The van der Waals surface area contributed by atoms with Crippen LogP contribution in [0.5, 0.6) is 0 Å². The van der Waals surface area contributed by atoms with E-state index in [2.05, 4.69) is 10.3 Å². The topological polar surface area (TPSA) is 62.3 Å². The van der Waals surface area contributed by atoms with Gasteiger partial charge in [-0.05, 0) is 32.6 Å². The summed E-state index contributed by atoms with van der Waals surface area (Å²) in [7, 11) is 0. The standard InChI is InChI=1S/C13H17N3O2S/c1-8-14-5-10(19-8)6-16-7-11(17)15-13(2,12(16)18)9-3-4-9/h5,9H,3-4,6-7H2,1-2H3,(H,15,17). The second-order valence-electron chi connectivity index (χ2n) is 5.53. The summed E-state index contributed by atoms with van der Waals surface area (Å²) in [5, 5.41) is 3.86. The Morgan fingerprint density at radius 1 is 1.53 bits per heavy atom. The number of hydrogen-bond donors (Lipinski definition) is 1. The Kier molecular flexibility index (Phi) is 2.85. The van der Waals surface area contributed by atoms with Gasteiger partial charge in [0.2, 0.25) is 11.8 Å². The molecular formula is C13H17N3O2S. The molecule has 0 spiro atoms. The second-order valence-corrected chi connectivity index (χ2v) is 6.85. The first-order chi connectivity index (χ1) is 8.99. The summed E-state index contributed by atoms with van der Waals surface area (Å²) in [5.41, 5.74) is -0.699. The zero-order chi connectivity index (χ0) is 13.6. The van der Waals surface area contributed by atoms with Crippen LogP contribution in [0.2, 0.25) is 0 Å². The molecule has 0 aromatic carbocycles. The number of aryl methyl sites for hydroxylation is 1. The van der Waals surface area contributed by atoms with Crippen LogP contribution in [0, 0.1) is 12.8 Å². The van der Waals surface area contributed by atoms with Crippen LogP contribution < -0.4 is 5.32 Å². The summed E-state index contributed by atoms with van der Waals surface area (Å²) in [5.74, 6) is 0.283. The monoisotopic (exact) mass is 279 g/mol. The Balaban J connectivity index is 1.80. The second kappa shape index (κ2) is 4.30. The molecule has 2 amide bonds. The number of piperazine rings is 1. The van der Waals surface area contributed by atoms with Gasteiger partial charge in [-0.1, -0.05) is 0 Å². The number of rotatable bonds is 3. The highest BCUT2D eigenvalue weighted by Gasteiger charge is 2.52. The summed E-state index contributed by atoms with van der Waals surface area (Å²) >= 11 is 1.57. The van der Waals surface area contributed by atoms with Crippen molar-refractivity contribution in [2.24, 2.45) is 5.92 Å². The fraction of sp³-hybridized carbons (Fsp3) is 0.615. The van der Waals surface area contributed by atoms with E-state index in [0.29, 0.717) is 12.5 Å². The zero-order valence-corrected chi connectivity index (χ0v) is 11.9. The van der Waals surface area contributed by atoms with Gasteiger partial charge in [0, 0.05) is 11.1 Å². The number of nitrogens with one attached hydrogen (secondary N) is 1. The highest BCUT2D eigenvalue weighted by molar-refractivity contribution is 7.11. The molecule has 1 saturated carbocycles. The lowest BCUT2D eigenvalue weighted by atomic mass is 9.91. The first-order valence-electron chi connectivity index (χ1n) is 6.51. The van der Waals surface area contributed by atoms with Gasteiger partial charge in [-0.15, -0.1) is 11.3 Å². The first-order valence-corrected chi connectivity index (χ1v) is 7.32. The van der Waals surface area contributed by atoms with E-state index in [-0.39, 0.29) is 18.4 Å². The highest BCUT2D eigenvalue weighted by atomic mass is 32.1. The molecule has 1 N–H and O–H groups in total. The predicted octanol–water partition coefficient (Wildman–Crippen LogP) is 1.08. The van der Waals surface area contributed by atoms with Gasteiger partial charge >= 0.3 is 0 Å².